The van der Waals surface area contributed by atoms with Crippen molar-refractivity contribution < 1.29 is 9.59 Å². The third-order valence-electron chi connectivity index (χ3n) is 6.93. The highest BCUT2D eigenvalue weighted by molar-refractivity contribution is 7.99. The zero-order valence-corrected chi connectivity index (χ0v) is 24.8. The van der Waals surface area contributed by atoms with Gasteiger partial charge in [-0.2, -0.15) is 0 Å². The largest absolute Gasteiger partial charge is 0.352 e. The standard InChI is InChI=1S/C31H33Cl3N2O2S/c32-24-13-15-26(16-14-24)39-18-6-11-30(37)36(21-23-12-17-27(33)28(34)19-23)29(20-22-7-2-1-3-8-22)31(38)35-25-9-4-5-10-25/h1-3,7-8,12-17,19,25,29H,4-6,9-11,18,20-21H2,(H,35,38)/t29-/m1/s1. The molecule has 0 aliphatic heterocycles. The molecule has 4 rings (SSSR count). The molecule has 4 nitrogen and oxygen atoms in total. The highest BCUT2D eigenvalue weighted by Crippen LogP contribution is 2.26. The third kappa shape index (κ3) is 9.18. The Morgan fingerprint density at radius 2 is 1.62 bits per heavy atom. The van der Waals surface area contributed by atoms with Crippen molar-refractivity contribution in [1.82, 2.24) is 10.2 Å². The Hall–Kier alpha value is -2.18. The van der Waals surface area contributed by atoms with Crippen LogP contribution in [0.15, 0.2) is 77.7 Å². The molecule has 0 saturated heterocycles. The lowest BCUT2D eigenvalue weighted by Gasteiger charge is -2.32. The lowest BCUT2D eigenvalue weighted by molar-refractivity contribution is -0.141. The van der Waals surface area contributed by atoms with Gasteiger partial charge in [-0.3, -0.25) is 9.59 Å². The van der Waals surface area contributed by atoms with Gasteiger partial charge < -0.3 is 10.2 Å². The van der Waals surface area contributed by atoms with Gasteiger partial charge >= 0.3 is 0 Å². The second-order valence-electron chi connectivity index (χ2n) is 9.87. The van der Waals surface area contributed by atoms with E-state index in [0.717, 1.165) is 47.5 Å². The second-order valence-corrected chi connectivity index (χ2v) is 12.3. The monoisotopic (exact) mass is 602 g/mol. The zero-order valence-electron chi connectivity index (χ0n) is 21.8. The van der Waals surface area contributed by atoms with Gasteiger partial charge in [0.1, 0.15) is 6.04 Å². The summed E-state index contributed by atoms with van der Waals surface area (Å²) in [5, 5.41) is 4.82. The molecule has 0 heterocycles. The van der Waals surface area contributed by atoms with Gasteiger partial charge in [0.15, 0.2) is 0 Å². The van der Waals surface area contributed by atoms with E-state index in [0.29, 0.717) is 34.3 Å². The highest BCUT2D eigenvalue weighted by Gasteiger charge is 2.32. The number of amides is 2. The topological polar surface area (TPSA) is 49.4 Å². The van der Waals surface area contributed by atoms with Gasteiger partial charge in [-0.15, -0.1) is 11.8 Å². The summed E-state index contributed by atoms with van der Waals surface area (Å²) in [4.78, 5) is 30.4. The molecule has 8 heteroatoms. The van der Waals surface area contributed by atoms with Crippen molar-refractivity contribution in [2.45, 2.75) is 68.5 Å². The Balaban J connectivity index is 1.53. The Kier molecular flexibility index (Phi) is 11.5. The summed E-state index contributed by atoms with van der Waals surface area (Å²) in [6.45, 7) is 0.273. The third-order valence-corrected chi connectivity index (χ3v) is 9.02. The van der Waals surface area contributed by atoms with Gasteiger partial charge in [0.2, 0.25) is 11.8 Å². The van der Waals surface area contributed by atoms with E-state index in [1.165, 1.54) is 0 Å². The van der Waals surface area contributed by atoms with Crippen molar-refractivity contribution in [3.8, 4) is 0 Å². The number of nitrogens with one attached hydrogen (secondary N) is 1. The molecule has 0 unspecified atom stereocenters. The number of halogens is 3. The average molecular weight is 604 g/mol. The van der Waals surface area contributed by atoms with Crippen LogP contribution >= 0.6 is 46.6 Å². The molecule has 3 aromatic rings. The van der Waals surface area contributed by atoms with Crippen LogP contribution in [0.5, 0.6) is 0 Å². The molecule has 206 valence electrons. The maximum Gasteiger partial charge on any atom is 0.243 e. The molecule has 1 fully saturated rings. The number of hydrogen-bond donors (Lipinski definition) is 1. The van der Waals surface area contributed by atoms with E-state index in [1.54, 1.807) is 28.8 Å². The molecule has 3 aromatic carbocycles. The van der Waals surface area contributed by atoms with Gasteiger partial charge in [0, 0.05) is 35.3 Å². The lowest BCUT2D eigenvalue weighted by atomic mass is 10.0. The summed E-state index contributed by atoms with van der Waals surface area (Å²) in [5.41, 5.74) is 1.84. The van der Waals surface area contributed by atoms with E-state index in [2.05, 4.69) is 5.32 Å². The number of hydrogen-bond acceptors (Lipinski definition) is 3. The molecule has 1 aliphatic rings. The van der Waals surface area contributed by atoms with E-state index in [-0.39, 0.29) is 24.4 Å². The molecule has 0 radical (unpaired) electrons. The fourth-order valence-corrected chi connectivity index (χ4v) is 6.14. The Morgan fingerprint density at radius 1 is 0.897 bits per heavy atom. The quantitative estimate of drug-likeness (QED) is 0.168. The fraction of sp³-hybridized carbons (Fsp3) is 0.355. The van der Waals surface area contributed by atoms with Gasteiger partial charge in [0.25, 0.3) is 0 Å². The van der Waals surface area contributed by atoms with Crippen LogP contribution in [0.3, 0.4) is 0 Å². The summed E-state index contributed by atoms with van der Waals surface area (Å²) in [6.07, 6.45) is 5.65. The molecule has 0 aromatic heterocycles. The molecule has 1 saturated carbocycles. The van der Waals surface area contributed by atoms with Crippen LogP contribution in [-0.4, -0.2) is 34.6 Å². The van der Waals surface area contributed by atoms with E-state index < -0.39 is 6.04 Å². The van der Waals surface area contributed by atoms with Crippen LogP contribution in [0, 0.1) is 0 Å². The molecule has 2 amide bonds. The average Bonchev–Trinajstić information content (AvgIpc) is 3.45. The van der Waals surface area contributed by atoms with Crippen molar-refractivity contribution in [2.75, 3.05) is 5.75 Å². The molecule has 39 heavy (non-hydrogen) atoms. The normalized spacial score (nSPS) is 14.2. The maximum absolute atomic E-state index is 13.8. The highest BCUT2D eigenvalue weighted by atomic mass is 35.5. The predicted molar refractivity (Wildman–Crippen MR) is 163 cm³/mol. The first-order valence-electron chi connectivity index (χ1n) is 13.3. The number of carbonyl (C=O) groups is 2. The summed E-state index contributed by atoms with van der Waals surface area (Å²) in [6, 6.07) is 22.5. The first-order chi connectivity index (χ1) is 18.9. The minimum absolute atomic E-state index is 0.0553. The number of rotatable bonds is 12. The predicted octanol–water partition coefficient (Wildman–Crippen LogP) is 8.22. The molecule has 0 bridgehead atoms. The van der Waals surface area contributed by atoms with Crippen LogP contribution in [-0.2, 0) is 22.6 Å². The smallest absolute Gasteiger partial charge is 0.243 e. The minimum atomic E-state index is -0.640. The SMILES string of the molecule is O=C(NC1CCCC1)[C@@H](Cc1ccccc1)N(Cc1ccc(Cl)c(Cl)c1)C(=O)CCCSc1ccc(Cl)cc1. The fourth-order valence-electron chi connectivity index (χ4n) is 4.84. The van der Waals surface area contributed by atoms with Crippen molar-refractivity contribution in [2.24, 2.45) is 0 Å². The first kappa shape index (κ1) is 29.8. The van der Waals surface area contributed by atoms with Crippen LogP contribution in [0.1, 0.15) is 49.7 Å². The lowest BCUT2D eigenvalue weighted by Crippen LogP contribution is -2.52. The molecular formula is C31H33Cl3N2O2S. The van der Waals surface area contributed by atoms with Crippen LogP contribution in [0.2, 0.25) is 15.1 Å². The Morgan fingerprint density at radius 3 is 2.31 bits per heavy atom. The van der Waals surface area contributed by atoms with Crippen molar-refractivity contribution in [3.05, 3.63) is 99.0 Å². The van der Waals surface area contributed by atoms with E-state index in [4.69, 9.17) is 34.8 Å². The number of thioether (sulfide) groups is 1. The Labute approximate surface area is 250 Å². The maximum atomic E-state index is 13.8. The van der Waals surface area contributed by atoms with Crippen molar-refractivity contribution >= 4 is 58.4 Å². The minimum Gasteiger partial charge on any atom is -0.352 e. The zero-order chi connectivity index (χ0) is 27.6. The van der Waals surface area contributed by atoms with Crippen LogP contribution in [0.25, 0.3) is 0 Å². The molecule has 1 aliphatic carbocycles. The van der Waals surface area contributed by atoms with Crippen molar-refractivity contribution in [3.63, 3.8) is 0 Å². The van der Waals surface area contributed by atoms with Crippen molar-refractivity contribution in [1.29, 1.82) is 0 Å². The van der Waals surface area contributed by atoms with E-state index >= 15 is 0 Å². The van der Waals surface area contributed by atoms with Gasteiger partial charge in [-0.05, 0) is 72.5 Å². The van der Waals surface area contributed by atoms with Gasteiger partial charge in [0.05, 0.1) is 10.0 Å². The van der Waals surface area contributed by atoms with E-state index in [1.807, 2.05) is 60.7 Å². The molecule has 1 N–H and O–H groups in total. The van der Waals surface area contributed by atoms with Gasteiger partial charge in [-0.25, -0.2) is 0 Å². The summed E-state index contributed by atoms with van der Waals surface area (Å²) in [7, 11) is 0. The van der Waals surface area contributed by atoms with Gasteiger partial charge in [-0.1, -0.05) is 84.0 Å². The number of nitrogens with zero attached hydrogens (tertiary/aromatic N) is 1. The summed E-state index contributed by atoms with van der Waals surface area (Å²) < 4.78 is 0. The molecule has 0 spiro atoms. The number of carbonyl (C=O) groups excluding carboxylic acids is 2. The first-order valence-corrected chi connectivity index (χ1v) is 15.5. The summed E-state index contributed by atoms with van der Waals surface area (Å²) >= 11 is 20.1. The Bertz CT molecular complexity index is 1230. The van der Waals surface area contributed by atoms with Crippen LogP contribution < -0.4 is 5.32 Å². The second kappa shape index (κ2) is 15.0. The molecular weight excluding hydrogens is 571 g/mol. The summed E-state index contributed by atoms with van der Waals surface area (Å²) in [5.74, 6) is 0.626. The van der Waals surface area contributed by atoms with Crippen LogP contribution in [0.4, 0.5) is 0 Å². The number of benzene rings is 3. The molecule has 1 atom stereocenters. The van der Waals surface area contributed by atoms with E-state index in [9.17, 15) is 9.59 Å².